The quantitative estimate of drug-likeness (QED) is 0.649. The van der Waals surface area contributed by atoms with Gasteiger partial charge >= 0.3 is 0 Å². The van der Waals surface area contributed by atoms with Crippen LogP contribution in [0.1, 0.15) is 38.5 Å². The fraction of sp³-hybridized carbons (Fsp3) is 0.900. The van der Waals surface area contributed by atoms with Crippen LogP contribution in [-0.4, -0.2) is 17.0 Å². The van der Waals surface area contributed by atoms with Crippen LogP contribution in [-0.2, 0) is 4.79 Å². The summed E-state index contributed by atoms with van der Waals surface area (Å²) in [5.74, 6) is 1.32. The van der Waals surface area contributed by atoms with Crippen LogP contribution in [0.15, 0.2) is 0 Å². The van der Waals surface area contributed by atoms with E-state index in [-0.39, 0.29) is 0 Å². The van der Waals surface area contributed by atoms with Gasteiger partial charge < -0.3 is 9.90 Å². The lowest BCUT2D eigenvalue weighted by atomic mass is 9.81. The molecule has 2 rings (SSSR count). The number of fused-ring (bicyclic) bond motifs is 1. The molecule has 12 heavy (non-hydrogen) atoms. The smallest absolute Gasteiger partial charge is 0.120 e. The van der Waals surface area contributed by atoms with E-state index in [1.54, 1.807) is 0 Å². The van der Waals surface area contributed by atoms with E-state index in [9.17, 15) is 9.90 Å². The first-order valence-electron chi connectivity index (χ1n) is 4.92. The Kier molecular flexibility index (Phi) is 1.95. The van der Waals surface area contributed by atoms with Crippen LogP contribution in [0.5, 0.6) is 0 Å². The molecule has 0 aromatic carbocycles. The van der Waals surface area contributed by atoms with Crippen molar-refractivity contribution in [3.63, 3.8) is 0 Å². The fourth-order valence-corrected chi connectivity index (χ4v) is 2.70. The zero-order valence-corrected chi connectivity index (χ0v) is 7.33. The number of aliphatic hydroxyl groups is 1. The van der Waals surface area contributed by atoms with Gasteiger partial charge in [-0.05, 0) is 37.5 Å². The van der Waals surface area contributed by atoms with Crippen molar-refractivity contribution in [3.05, 3.63) is 0 Å². The summed E-state index contributed by atoms with van der Waals surface area (Å²) in [4.78, 5) is 10.2. The number of aldehydes is 1. The Hall–Kier alpha value is -0.370. The molecule has 2 nitrogen and oxygen atoms in total. The molecule has 0 amide bonds. The zero-order valence-electron chi connectivity index (χ0n) is 7.33. The Balaban J connectivity index is 1.94. The summed E-state index contributed by atoms with van der Waals surface area (Å²) >= 11 is 0. The third kappa shape index (κ3) is 1.28. The normalized spacial score (nSPS) is 45.1. The first-order chi connectivity index (χ1) is 5.76. The molecule has 2 saturated carbocycles. The number of carbonyl (C=O) groups is 1. The van der Waals surface area contributed by atoms with Crippen molar-refractivity contribution in [2.24, 2.45) is 11.8 Å². The molecule has 0 aromatic heterocycles. The molecule has 0 aliphatic heterocycles. The lowest BCUT2D eigenvalue weighted by Crippen LogP contribution is -2.34. The van der Waals surface area contributed by atoms with Crippen LogP contribution in [0.25, 0.3) is 0 Å². The molecule has 2 fully saturated rings. The Bertz CT molecular complexity index is 190. The van der Waals surface area contributed by atoms with Crippen LogP contribution in [0.2, 0.25) is 0 Å². The molecule has 2 aliphatic rings. The maximum Gasteiger partial charge on any atom is 0.120 e. The molecule has 2 heteroatoms. The Labute approximate surface area is 73.0 Å². The first kappa shape index (κ1) is 8.24. The Morgan fingerprint density at radius 3 is 3.17 bits per heavy atom. The lowest BCUT2D eigenvalue weighted by Gasteiger charge is -2.31. The van der Waals surface area contributed by atoms with Crippen molar-refractivity contribution >= 4 is 6.29 Å². The molecule has 0 aromatic rings. The van der Waals surface area contributed by atoms with Gasteiger partial charge in [0.25, 0.3) is 0 Å². The van der Waals surface area contributed by atoms with Crippen molar-refractivity contribution in [1.82, 2.24) is 0 Å². The van der Waals surface area contributed by atoms with E-state index in [0.29, 0.717) is 18.8 Å². The van der Waals surface area contributed by atoms with Gasteiger partial charge in [0.2, 0.25) is 0 Å². The molecule has 0 spiro atoms. The summed E-state index contributed by atoms with van der Waals surface area (Å²) in [7, 11) is 0. The van der Waals surface area contributed by atoms with E-state index >= 15 is 0 Å². The van der Waals surface area contributed by atoms with Crippen molar-refractivity contribution in [3.8, 4) is 0 Å². The fourth-order valence-electron chi connectivity index (χ4n) is 2.70. The SMILES string of the molecule is O=CCCC1(O)CCCC2CC21. The third-order valence-corrected chi connectivity index (χ3v) is 3.49. The minimum absolute atomic E-state index is 0.468. The molecule has 3 unspecified atom stereocenters. The topological polar surface area (TPSA) is 37.3 Å². The molecule has 0 heterocycles. The number of hydrogen-bond acceptors (Lipinski definition) is 2. The van der Waals surface area contributed by atoms with Gasteiger partial charge in [-0.1, -0.05) is 6.42 Å². The molecule has 0 saturated heterocycles. The molecular weight excluding hydrogens is 152 g/mol. The van der Waals surface area contributed by atoms with E-state index in [2.05, 4.69) is 0 Å². The molecule has 0 bridgehead atoms. The number of rotatable bonds is 3. The van der Waals surface area contributed by atoms with E-state index in [4.69, 9.17) is 0 Å². The largest absolute Gasteiger partial charge is 0.390 e. The van der Waals surface area contributed by atoms with E-state index in [0.717, 1.165) is 25.0 Å². The minimum Gasteiger partial charge on any atom is -0.390 e. The van der Waals surface area contributed by atoms with Gasteiger partial charge in [-0.15, -0.1) is 0 Å². The summed E-state index contributed by atoms with van der Waals surface area (Å²) in [6.07, 6.45) is 6.71. The minimum atomic E-state index is -0.468. The highest BCUT2D eigenvalue weighted by atomic mass is 16.3. The highest BCUT2D eigenvalue weighted by Gasteiger charge is 2.53. The second kappa shape index (κ2) is 2.84. The van der Waals surface area contributed by atoms with Gasteiger partial charge in [-0.2, -0.15) is 0 Å². The second-order valence-electron chi connectivity index (χ2n) is 4.30. The number of hydrogen-bond donors (Lipinski definition) is 1. The third-order valence-electron chi connectivity index (χ3n) is 3.49. The van der Waals surface area contributed by atoms with Gasteiger partial charge in [0.1, 0.15) is 6.29 Å². The molecule has 68 valence electrons. The summed E-state index contributed by atoms with van der Waals surface area (Å²) < 4.78 is 0. The Morgan fingerprint density at radius 1 is 1.58 bits per heavy atom. The summed E-state index contributed by atoms with van der Waals surface area (Å²) in [5.41, 5.74) is -0.468. The summed E-state index contributed by atoms with van der Waals surface area (Å²) in [6.45, 7) is 0. The van der Waals surface area contributed by atoms with Crippen molar-refractivity contribution in [2.75, 3.05) is 0 Å². The highest BCUT2D eigenvalue weighted by Crippen LogP contribution is 2.56. The standard InChI is InChI=1S/C10H16O2/c11-6-2-5-10(12)4-1-3-8-7-9(8)10/h6,8-9,12H,1-5,7H2. The molecule has 2 aliphatic carbocycles. The molecule has 1 N–H and O–H groups in total. The van der Waals surface area contributed by atoms with Gasteiger partial charge in [0.05, 0.1) is 5.60 Å². The average molecular weight is 168 g/mol. The van der Waals surface area contributed by atoms with Crippen molar-refractivity contribution in [2.45, 2.75) is 44.1 Å². The van der Waals surface area contributed by atoms with Crippen LogP contribution in [0.3, 0.4) is 0 Å². The predicted molar refractivity (Wildman–Crippen MR) is 45.7 cm³/mol. The number of carbonyl (C=O) groups excluding carboxylic acids is 1. The monoisotopic (exact) mass is 168 g/mol. The summed E-state index contributed by atoms with van der Waals surface area (Å²) in [5, 5.41) is 10.2. The van der Waals surface area contributed by atoms with Crippen molar-refractivity contribution in [1.29, 1.82) is 0 Å². The molecule has 3 atom stereocenters. The van der Waals surface area contributed by atoms with Gasteiger partial charge in [-0.25, -0.2) is 0 Å². The first-order valence-corrected chi connectivity index (χ1v) is 4.92. The van der Waals surface area contributed by atoms with E-state index < -0.39 is 5.60 Å². The lowest BCUT2D eigenvalue weighted by molar-refractivity contribution is -0.109. The van der Waals surface area contributed by atoms with Gasteiger partial charge in [0, 0.05) is 6.42 Å². The predicted octanol–water partition coefficient (Wildman–Crippen LogP) is 1.52. The van der Waals surface area contributed by atoms with Gasteiger partial charge in [-0.3, -0.25) is 0 Å². The summed E-state index contributed by atoms with van der Waals surface area (Å²) in [6, 6.07) is 0. The maximum absolute atomic E-state index is 10.2. The highest BCUT2D eigenvalue weighted by molar-refractivity contribution is 5.49. The maximum atomic E-state index is 10.2. The van der Waals surface area contributed by atoms with E-state index in [1.165, 1.54) is 12.8 Å². The average Bonchev–Trinajstić information content (AvgIpc) is 2.82. The van der Waals surface area contributed by atoms with Crippen LogP contribution >= 0.6 is 0 Å². The Morgan fingerprint density at radius 2 is 2.42 bits per heavy atom. The zero-order chi connectivity index (χ0) is 8.60. The molecular formula is C10H16O2. The van der Waals surface area contributed by atoms with Crippen molar-refractivity contribution < 1.29 is 9.90 Å². The van der Waals surface area contributed by atoms with Gasteiger partial charge in [0.15, 0.2) is 0 Å². The molecule has 0 radical (unpaired) electrons. The second-order valence-corrected chi connectivity index (χ2v) is 4.30. The van der Waals surface area contributed by atoms with E-state index in [1.807, 2.05) is 0 Å². The van der Waals surface area contributed by atoms with Crippen LogP contribution < -0.4 is 0 Å². The van der Waals surface area contributed by atoms with Crippen LogP contribution in [0, 0.1) is 11.8 Å². The van der Waals surface area contributed by atoms with Crippen LogP contribution in [0.4, 0.5) is 0 Å².